The number of hydrogen-bond acceptors (Lipinski definition) is 4. The van der Waals surface area contributed by atoms with Gasteiger partial charge in [0.2, 0.25) is 0 Å². The minimum absolute atomic E-state index is 0.00396. The SMILES string of the molecule is Cc1ccc(Oc2ccccc2C(=O)O)cc1[N+](=O)[O-]. The summed E-state index contributed by atoms with van der Waals surface area (Å²) >= 11 is 0. The Bertz CT molecular complexity index is 681. The third-order valence-electron chi connectivity index (χ3n) is 2.72. The number of aromatic carboxylic acids is 1. The molecule has 0 atom stereocenters. The zero-order valence-corrected chi connectivity index (χ0v) is 10.6. The van der Waals surface area contributed by atoms with E-state index in [0.717, 1.165) is 0 Å². The average Bonchev–Trinajstić information content (AvgIpc) is 2.41. The van der Waals surface area contributed by atoms with Crippen molar-refractivity contribution in [1.82, 2.24) is 0 Å². The molecule has 102 valence electrons. The van der Waals surface area contributed by atoms with E-state index >= 15 is 0 Å². The molecular weight excluding hydrogens is 262 g/mol. The number of carboxylic acid groups (broad SMARTS) is 1. The van der Waals surface area contributed by atoms with E-state index in [2.05, 4.69) is 0 Å². The zero-order chi connectivity index (χ0) is 14.7. The molecular formula is C14H11NO5. The molecule has 6 nitrogen and oxygen atoms in total. The molecule has 0 radical (unpaired) electrons. The molecule has 2 aromatic rings. The van der Waals surface area contributed by atoms with Crippen LogP contribution >= 0.6 is 0 Å². The van der Waals surface area contributed by atoms with Crippen LogP contribution in [0.4, 0.5) is 5.69 Å². The largest absolute Gasteiger partial charge is 0.478 e. The van der Waals surface area contributed by atoms with Crippen molar-refractivity contribution in [2.45, 2.75) is 6.92 Å². The highest BCUT2D eigenvalue weighted by Crippen LogP contribution is 2.29. The monoisotopic (exact) mass is 273 g/mol. The molecule has 0 aliphatic heterocycles. The highest BCUT2D eigenvalue weighted by molar-refractivity contribution is 5.90. The fourth-order valence-corrected chi connectivity index (χ4v) is 1.71. The molecule has 0 saturated heterocycles. The van der Waals surface area contributed by atoms with E-state index in [0.29, 0.717) is 5.56 Å². The Morgan fingerprint density at radius 3 is 2.60 bits per heavy atom. The zero-order valence-electron chi connectivity index (χ0n) is 10.6. The van der Waals surface area contributed by atoms with Crippen LogP contribution in [-0.2, 0) is 0 Å². The van der Waals surface area contributed by atoms with E-state index in [1.54, 1.807) is 31.2 Å². The Morgan fingerprint density at radius 2 is 1.95 bits per heavy atom. The van der Waals surface area contributed by atoms with Crippen LogP contribution in [0.3, 0.4) is 0 Å². The first-order valence-electron chi connectivity index (χ1n) is 5.74. The van der Waals surface area contributed by atoms with Gasteiger partial charge in [0.1, 0.15) is 17.1 Å². The van der Waals surface area contributed by atoms with Gasteiger partial charge < -0.3 is 9.84 Å². The highest BCUT2D eigenvalue weighted by Gasteiger charge is 2.15. The lowest BCUT2D eigenvalue weighted by atomic mass is 10.2. The van der Waals surface area contributed by atoms with Gasteiger partial charge in [-0.25, -0.2) is 4.79 Å². The predicted octanol–water partition coefficient (Wildman–Crippen LogP) is 3.39. The lowest BCUT2D eigenvalue weighted by Crippen LogP contribution is -2.00. The number of aryl methyl sites for hydroxylation is 1. The molecule has 0 spiro atoms. The van der Waals surface area contributed by atoms with Gasteiger partial charge in [-0.15, -0.1) is 0 Å². The van der Waals surface area contributed by atoms with Gasteiger partial charge in [-0.1, -0.05) is 12.1 Å². The standard InChI is InChI=1S/C14H11NO5/c1-9-6-7-10(8-12(9)15(18)19)20-13-5-3-2-4-11(13)14(16)17/h2-8H,1H3,(H,16,17). The number of nitro groups is 1. The number of hydrogen-bond donors (Lipinski definition) is 1. The minimum Gasteiger partial charge on any atom is -0.478 e. The van der Waals surface area contributed by atoms with Crippen molar-refractivity contribution in [3.8, 4) is 11.5 Å². The van der Waals surface area contributed by atoms with Crippen LogP contribution in [0.5, 0.6) is 11.5 Å². The van der Waals surface area contributed by atoms with Gasteiger partial charge in [-0.3, -0.25) is 10.1 Å². The summed E-state index contributed by atoms with van der Waals surface area (Å²) in [7, 11) is 0. The molecule has 0 fully saturated rings. The molecule has 0 aliphatic rings. The van der Waals surface area contributed by atoms with E-state index in [1.165, 1.54) is 18.2 Å². The van der Waals surface area contributed by atoms with E-state index in [9.17, 15) is 14.9 Å². The first-order chi connectivity index (χ1) is 9.49. The van der Waals surface area contributed by atoms with Crippen LogP contribution in [0, 0.1) is 17.0 Å². The van der Waals surface area contributed by atoms with Crippen molar-refractivity contribution in [3.05, 3.63) is 63.7 Å². The molecule has 0 bridgehead atoms. The normalized spacial score (nSPS) is 10.1. The number of para-hydroxylation sites is 1. The van der Waals surface area contributed by atoms with Crippen LogP contribution in [0.1, 0.15) is 15.9 Å². The first-order valence-corrected chi connectivity index (χ1v) is 5.74. The second-order valence-corrected chi connectivity index (χ2v) is 4.11. The molecule has 2 rings (SSSR count). The molecule has 0 heterocycles. The van der Waals surface area contributed by atoms with Gasteiger partial charge in [0.15, 0.2) is 0 Å². The summed E-state index contributed by atoms with van der Waals surface area (Å²) in [5.41, 5.74) is 0.430. The Morgan fingerprint density at radius 1 is 1.25 bits per heavy atom. The topological polar surface area (TPSA) is 89.7 Å². The highest BCUT2D eigenvalue weighted by atomic mass is 16.6. The second kappa shape index (κ2) is 5.40. The number of nitrogens with zero attached hydrogens (tertiary/aromatic N) is 1. The van der Waals surface area contributed by atoms with Crippen molar-refractivity contribution in [2.24, 2.45) is 0 Å². The maximum atomic E-state index is 11.1. The molecule has 20 heavy (non-hydrogen) atoms. The predicted molar refractivity (Wildman–Crippen MR) is 71.3 cm³/mol. The van der Waals surface area contributed by atoms with E-state index in [-0.39, 0.29) is 22.7 Å². The number of ether oxygens (including phenoxy) is 1. The van der Waals surface area contributed by atoms with Gasteiger partial charge in [-0.2, -0.15) is 0 Å². The third kappa shape index (κ3) is 2.74. The third-order valence-corrected chi connectivity index (χ3v) is 2.72. The number of carbonyl (C=O) groups is 1. The lowest BCUT2D eigenvalue weighted by molar-refractivity contribution is -0.385. The first kappa shape index (κ1) is 13.5. The van der Waals surface area contributed by atoms with Crippen LogP contribution in [0.2, 0.25) is 0 Å². The Balaban J connectivity index is 2.38. The average molecular weight is 273 g/mol. The maximum Gasteiger partial charge on any atom is 0.339 e. The van der Waals surface area contributed by atoms with E-state index in [4.69, 9.17) is 9.84 Å². The number of carboxylic acids is 1. The molecule has 0 unspecified atom stereocenters. The summed E-state index contributed by atoms with van der Waals surface area (Å²) in [6.45, 7) is 1.62. The summed E-state index contributed by atoms with van der Waals surface area (Å²) in [6.07, 6.45) is 0. The van der Waals surface area contributed by atoms with Crippen molar-refractivity contribution < 1.29 is 19.6 Å². The van der Waals surface area contributed by atoms with E-state index < -0.39 is 10.9 Å². The summed E-state index contributed by atoms with van der Waals surface area (Å²) in [4.78, 5) is 21.4. The van der Waals surface area contributed by atoms with Crippen LogP contribution in [-0.4, -0.2) is 16.0 Å². The van der Waals surface area contributed by atoms with Gasteiger partial charge in [0, 0.05) is 5.56 Å². The number of benzene rings is 2. The summed E-state index contributed by atoms with van der Waals surface area (Å²) < 4.78 is 5.43. The van der Waals surface area contributed by atoms with Crippen LogP contribution in [0.15, 0.2) is 42.5 Å². The maximum absolute atomic E-state index is 11.1. The summed E-state index contributed by atoms with van der Waals surface area (Å²) in [5, 5.41) is 19.9. The minimum atomic E-state index is -1.12. The van der Waals surface area contributed by atoms with Crippen molar-refractivity contribution in [1.29, 1.82) is 0 Å². The van der Waals surface area contributed by atoms with Crippen LogP contribution in [0.25, 0.3) is 0 Å². The number of nitro benzene ring substituents is 1. The van der Waals surface area contributed by atoms with Crippen molar-refractivity contribution >= 4 is 11.7 Å². The van der Waals surface area contributed by atoms with Gasteiger partial charge in [-0.05, 0) is 31.2 Å². The quantitative estimate of drug-likeness (QED) is 0.681. The molecule has 0 saturated carbocycles. The van der Waals surface area contributed by atoms with Gasteiger partial charge in [0.25, 0.3) is 5.69 Å². The Hall–Kier alpha value is -2.89. The van der Waals surface area contributed by atoms with Gasteiger partial charge >= 0.3 is 5.97 Å². The smallest absolute Gasteiger partial charge is 0.339 e. The number of rotatable bonds is 4. The molecule has 6 heteroatoms. The molecule has 1 N–H and O–H groups in total. The molecule has 2 aromatic carbocycles. The fraction of sp³-hybridized carbons (Fsp3) is 0.0714. The Labute approximate surface area is 114 Å². The molecule has 0 aromatic heterocycles. The van der Waals surface area contributed by atoms with E-state index in [1.807, 2.05) is 0 Å². The second-order valence-electron chi connectivity index (χ2n) is 4.11. The Kier molecular flexibility index (Phi) is 3.65. The summed E-state index contributed by atoms with van der Waals surface area (Å²) in [5.74, 6) is -0.767. The van der Waals surface area contributed by atoms with Crippen molar-refractivity contribution in [2.75, 3.05) is 0 Å². The molecule has 0 amide bonds. The van der Waals surface area contributed by atoms with Crippen LogP contribution < -0.4 is 4.74 Å². The molecule has 0 aliphatic carbocycles. The lowest BCUT2D eigenvalue weighted by Gasteiger charge is -2.08. The van der Waals surface area contributed by atoms with Gasteiger partial charge in [0.05, 0.1) is 11.0 Å². The van der Waals surface area contributed by atoms with Crippen molar-refractivity contribution in [3.63, 3.8) is 0 Å². The summed E-state index contributed by atoms with van der Waals surface area (Å²) in [6, 6.07) is 10.5. The fourth-order valence-electron chi connectivity index (χ4n) is 1.71.